The molecule has 4 rings (SSSR count). The molecule has 0 saturated heterocycles. The quantitative estimate of drug-likeness (QED) is 0.562. The van der Waals surface area contributed by atoms with Crippen molar-refractivity contribution in [3.8, 4) is 5.69 Å². The normalized spacial score (nSPS) is 11.0. The van der Waals surface area contributed by atoms with E-state index in [1.54, 1.807) is 16.9 Å². The van der Waals surface area contributed by atoms with E-state index in [1.807, 2.05) is 54.9 Å². The number of amides is 1. The van der Waals surface area contributed by atoms with Crippen molar-refractivity contribution >= 4 is 28.4 Å². The number of fused-ring (bicyclic) bond motifs is 1. The van der Waals surface area contributed by atoms with Gasteiger partial charge >= 0.3 is 0 Å². The fraction of sp³-hybridized carbons (Fsp3) is 0.100. The Balaban J connectivity index is 1.47. The Kier molecular flexibility index (Phi) is 4.46. The summed E-state index contributed by atoms with van der Waals surface area (Å²) in [6.07, 6.45) is 6.19. The van der Waals surface area contributed by atoms with Crippen molar-refractivity contribution < 1.29 is 4.79 Å². The van der Waals surface area contributed by atoms with Gasteiger partial charge in [-0.25, -0.2) is 4.68 Å². The molecule has 4 aromatic rings. The Hall–Kier alpha value is -3.05. The number of benzene rings is 2. The number of carbonyl (C=O) groups is 1. The van der Waals surface area contributed by atoms with Gasteiger partial charge in [0, 0.05) is 41.1 Å². The van der Waals surface area contributed by atoms with Crippen molar-refractivity contribution in [3.05, 3.63) is 83.3 Å². The number of nitrogens with one attached hydrogen (secondary N) is 2. The molecule has 0 unspecified atom stereocenters. The molecule has 0 atom stereocenters. The first-order valence-corrected chi connectivity index (χ1v) is 8.73. The number of aromatic nitrogens is 3. The van der Waals surface area contributed by atoms with Crippen LogP contribution in [0.3, 0.4) is 0 Å². The smallest absolute Gasteiger partial charge is 0.253 e. The molecule has 2 N–H and O–H groups in total. The Morgan fingerprint density at radius 2 is 2.08 bits per heavy atom. The molecule has 0 spiro atoms. The second-order valence-electron chi connectivity index (χ2n) is 5.98. The standard InChI is InChI=1S/C20H17ClN4O/c21-15-6-7-18-17(12-15)14(13-23-18)8-10-22-20(26)16-4-1-2-5-19(16)25-11-3-9-24-25/h1-7,9,11-13,23H,8,10H2,(H,22,26). The van der Waals surface area contributed by atoms with Gasteiger partial charge in [-0.05, 0) is 48.4 Å². The molecule has 2 aromatic carbocycles. The van der Waals surface area contributed by atoms with Crippen LogP contribution in [0.2, 0.25) is 5.02 Å². The van der Waals surface area contributed by atoms with Gasteiger partial charge in [-0.15, -0.1) is 0 Å². The van der Waals surface area contributed by atoms with Crippen LogP contribution in [-0.4, -0.2) is 27.2 Å². The Morgan fingerprint density at radius 1 is 1.19 bits per heavy atom. The highest BCUT2D eigenvalue weighted by Crippen LogP contribution is 2.22. The van der Waals surface area contributed by atoms with Crippen LogP contribution in [-0.2, 0) is 6.42 Å². The molecule has 2 heterocycles. The largest absolute Gasteiger partial charge is 0.361 e. The number of H-pyrrole nitrogens is 1. The number of rotatable bonds is 5. The monoisotopic (exact) mass is 364 g/mol. The lowest BCUT2D eigenvalue weighted by Gasteiger charge is -2.10. The zero-order chi connectivity index (χ0) is 17.9. The molecule has 130 valence electrons. The van der Waals surface area contributed by atoms with E-state index in [-0.39, 0.29) is 5.91 Å². The van der Waals surface area contributed by atoms with Crippen molar-refractivity contribution in [2.75, 3.05) is 6.54 Å². The van der Waals surface area contributed by atoms with Crippen LogP contribution in [0.5, 0.6) is 0 Å². The molecule has 6 heteroatoms. The second-order valence-corrected chi connectivity index (χ2v) is 6.41. The second kappa shape index (κ2) is 7.06. The van der Waals surface area contributed by atoms with Crippen molar-refractivity contribution in [3.63, 3.8) is 0 Å². The van der Waals surface area contributed by atoms with Crippen LogP contribution >= 0.6 is 11.6 Å². The van der Waals surface area contributed by atoms with E-state index in [0.717, 1.165) is 28.6 Å². The molecule has 1 amide bonds. The minimum Gasteiger partial charge on any atom is -0.361 e. The minimum atomic E-state index is -0.117. The summed E-state index contributed by atoms with van der Waals surface area (Å²) in [5.74, 6) is -0.117. The van der Waals surface area contributed by atoms with E-state index in [2.05, 4.69) is 15.4 Å². The maximum absolute atomic E-state index is 12.6. The summed E-state index contributed by atoms with van der Waals surface area (Å²) < 4.78 is 1.69. The fourth-order valence-corrected chi connectivity index (χ4v) is 3.21. The summed E-state index contributed by atoms with van der Waals surface area (Å²) in [7, 11) is 0. The number of hydrogen-bond donors (Lipinski definition) is 2. The van der Waals surface area contributed by atoms with Gasteiger partial charge < -0.3 is 10.3 Å². The number of nitrogens with zero attached hydrogens (tertiary/aromatic N) is 2. The van der Waals surface area contributed by atoms with Gasteiger partial charge in [0.05, 0.1) is 11.3 Å². The Morgan fingerprint density at radius 3 is 2.92 bits per heavy atom. The van der Waals surface area contributed by atoms with Crippen molar-refractivity contribution in [1.82, 2.24) is 20.1 Å². The lowest BCUT2D eigenvalue weighted by molar-refractivity contribution is 0.0954. The molecule has 26 heavy (non-hydrogen) atoms. The van der Waals surface area contributed by atoms with Crippen LogP contribution < -0.4 is 5.32 Å². The van der Waals surface area contributed by atoms with Crippen molar-refractivity contribution in [1.29, 1.82) is 0 Å². The van der Waals surface area contributed by atoms with Gasteiger partial charge in [-0.1, -0.05) is 23.7 Å². The average molecular weight is 365 g/mol. The van der Waals surface area contributed by atoms with Gasteiger partial charge in [0.2, 0.25) is 0 Å². The maximum atomic E-state index is 12.6. The van der Waals surface area contributed by atoms with E-state index in [0.29, 0.717) is 17.1 Å². The Bertz CT molecular complexity index is 1050. The first-order chi connectivity index (χ1) is 12.7. The van der Waals surface area contributed by atoms with Gasteiger partial charge in [-0.3, -0.25) is 4.79 Å². The summed E-state index contributed by atoms with van der Waals surface area (Å²) in [4.78, 5) is 15.9. The summed E-state index contributed by atoms with van der Waals surface area (Å²) in [6.45, 7) is 0.533. The van der Waals surface area contributed by atoms with E-state index in [1.165, 1.54) is 0 Å². The highest BCUT2D eigenvalue weighted by molar-refractivity contribution is 6.31. The van der Waals surface area contributed by atoms with Gasteiger partial charge in [-0.2, -0.15) is 5.10 Å². The highest BCUT2D eigenvalue weighted by Gasteiger charge is 2.12. The topological polar surface area (TPSA) is 62.7 Å². The maximum Gasteiger partial charge on any atom is 0.253 e. The summed E-state index contributed by atoms with van der Waals surface area (Å²) in [5.41, 5.74) is 3.52. The molecule has 0 fully saturated rings. The summed E-state index contributed by atoms with van der Waals surface area (Å²) >= 11 is 6.09. The number of para-hydroxylation sites is 1. The van der Waals surface area contributed by atoms with Crippen molar-refractivity contribution in [2.24, 2.45) is 0 Å². The molecule has 0 aliphatic carbocycles. The molecule has 0 saturated carbocycles. The molecule has 5 nitrogen and oxygen atoms in total. The molecule has 0 bridgehead atoms. The molecule has 0 aliphatic rings. The SMILES string of the molecule is O=C(NCCc1c[nH]c2ccc(Cl)cc12)c1ccccc1-n1cccn1. The highest BCUT2D eigenvalue weighted by atomic mass is 35.5. The first kappa shape index (κ1) is 16.4. The molecule has 0 radical (unpaired) electrons. The lowest BCUT2D eigenvalue weighted by Crippen LogP contribution is -2.26. The lowest BCUT2D eigenvalue weighted by atomic mass is 10.1. The zero-order valence-electron chi connectivity index (χ0n) is 13.9. The first-order valence-electron chi connectivity index (χ1n) is 8.35. The van der Waals surface area contributed by atoms with Gasteiger partial charge in [0.25, 0.3) is 5.91 Å². The third kappa shape index (κ3) is 3.21. The van der Waals surface area contributed by atoms with E-state index < -0.39 is 0 Å². The number of halogens is 1. The van der Waals surface area contributed by atoms with Crippen LogP contribution in [0.25, 0.3) is 16.6 Å². The summed E-state index contributed by atoms with van der Waals surface area (Å²) in [5, 5.41) is 9.00. The van der Waals surface area contributed by atoms with Gasteiger partial charge in [0.15, 0.2) is 0 Å². The fourth-order valence-electron chi connectivity index (χ4n) is 3.04. The van der Waals surface area contributed by atoms with Crippen molar-refractivity contribution in [2.45, 2.75) is 6.42 Å². The van der Waals surface area contributed by atoms with E-state index >= 15 is 0 Å². The third-order valence-electron chi connectivity index (χ3n) is 4.31. The van der Waals surface area contributed by atoms with Gasteiger partial charge in [0.1, 0.15) is 0 Å². The van der Waals surface area contributed by atoms with Crippen LogP contribution in [0, 0.1) is 0 Å². The van der Waals surface area contributed by atoms with Crippen LogP contribution in [0.1, 0.15) is 15.9 Å². The minimum absolute atomic E-state index is 0.117. The molecule has 2 aromatic heterocycles. The Labute approximate surface area is 155 Å². The molecule has 0 aliphatic heterocycles. The summed E-state index contributed by atoms with van der Waals surface area (Å²) in [6, 6.07) is 15.0. The van der Waals surface area contributed by atoms with E-state index in [9.17, 15) is 4.79 Å². The number of carbonyl (C=O) groups excluding carboxylic acids is 1. The predicted octanol–water partition coefficient (Wildman–Crippen LogP) is 3.98. The van der Waals surface area contributed by atoms with Crippen LogP contribution in [0.4, 0.5) is 0 Å². The number of aromatic amines is 1. The third-order valence-corrected chi connectivity index (χ3v) is 4.54. The zero-order valence-corrected chi connectivity index (χ0v) is 14.7. The predicted molar refractivity (Wildman–Crippen MR) is 103 cm³/mol. The van der Waals surface area contributed by atoms with Crippen LogP contribution in [0.15, 0.2) is 67.1 Å². The molecular weight excluding hydrogens is 348 g/mol. The average Bonchev–Trinajstić information content (AvgIpc) is 3.32. The number of hydrogen-bond acceptors (Lipinski definition) is 2. The van der Waals surface area contributed by atoms with E-state index in [4.69, 9.17) is 11.6 Å². The molecular formula is C20H17ClN4O.